The van der Waals surface area contributed by atoms with Crippen LogP contribution in [0.15, 0.2) is 24.3 Å². The van der Waals surface area contributed by atoms with Crippen LogP contribution in [0.1, 0.15) is 25.0 Å². The molecule has 1 aromatic carbocycles. The Hall–Kier alpha value is -1.35. The SMILES string of the molecule is NC1(CCc2cc3ccc(F)cc3[nH]2)CC1. The minimum atomic E-state index is -0.196. The molecule has 1 aliphatic rings. The van der Waals surface area contributed by atoms with Gasteiger partial charge in [-0.3, -0.25) is 0 Å². The molecule has 0 aliphatic heterocycles. The van der Waals surface area contributed by atoms with Gasteiger partial charge in [-0.1, -0.05) is 0 Å². The summed E-state index contributed by atoms with van der Waals surface area (Å²) < 4.78 is 13.0. The second-order valence-corrected chi connectivity index (χ2v) is 4.89. The molecule has 0 bridgehead atoms. The molecule has 84 valence electrons. The molecule has 16 heavy (non-hydrogen) atoms. The Balaban J connectivity index is 1.82. The van der Waals surface area contributed by atoms with E-state index in [0.717, 1.165) is 42.3 Å². The molecule has 3 rings (SSSR count). The first-order valence-electron chi connectivity index (χ1n) is 5.71. The molecular formula is C13H15FN2. The van der Waals surface area contributed by atoms with Gasteiger partial charge < -0.3 is 10.7 Å². The van der Waals surface area contributed by atoms with Crippen molar-refractivity contribution in [3.8, 4) is 0 Å². The van der Waals surface area contributed by atoms with Crippen LogP contribution in [-0.4, -0.2) is 10.5 Å². The molecule has 2 aromatic rings. The number of nitrogens with one attached hydrogen (secondary N) is 1. The summed E-state index contributed by atoms with van der Waals surface area (Å²) in [4.78, 5) is 3.24. The lowest BCUT2D eigenvalue weighted by Gasteiger charge is -2.05. The molecule has 0 radical (unpaired) electrons. The molecular weight excluding hydrogens is 203 g/mol. The average Bonchev–Trinajstić information content (AvgIpc) is 2.85. The standard InChI is InChI=1S/C13H15FN2/c14-10-2-1-9-7-11(16-12(9)8-10)3-4-13(15)5-6-13/h1-2,7-8,16H,3-6,15H2. The lowest BCUT2D eigenvalue weighted by atomic mass is 10.1. The Labute approximate surface area is 93.6 Å². The number of hydrogen-bond donors (Lipinski definition) is 2. The second kappa shape index (κ2) is 3.32. The summed E-state index contributed by atoms with van der Waals surface area (Å²) in [5.74, 6) is -0.196. The van der Waals surface area contributed by atoms with Crippen molar-refractivity contribution in [2.24, 2.45) is 5.73 Å². The molecule has 3 heteroatoms. The van der Waals surface area contributed by atoms with Gasteiger partial charge in [-0.15, -0.1) is 0 Å². The molecule has 0 amide bonds. The van der Waals surface area contributed by atoms with E-state index < -0.39 is 0 Å². The minimum Gasteiger partial charge on any atom is -0.358 e. The summed E-state index contributed by atoms with van der Waals surface area (Å²) in [6, 6.07) is 6.92. The van der Waals surface area contributed by atoms with Gasteiger partial charge in [0.25, 0.3) is 0 Å². The fourth-order valence-electron chi connectivity index (χ4n) is 2.09. The molecule has 1 fully saturated rings. The Morgan fingerprint density at radius 1 is 1.31 bits per heavy atom. The zero-order valence-corrected chi connectivity index (χ0v) is 9.09. The van der Waals surface area contributed by atoms with E-state index >= 15 is 0 Å². The predicted octanol–water partition coefficient (Wildman–Crippen LogP) is 2.73. The van der Waals surface area contributed by atoms with Crippen LogP contribution in [0.2, 0.25) is 0 Å². The van der Waals surface area contributed by atoms with Gasteiger partial charge in [0.1, 0.15) is 5.82 Å². The van der Waals surface area contributed by atoms with Crippen molar-refractivity contribution in [3.05, 3.63) is 35.8 Å². The van der Waals surface area contributed by atoms with Crippen LogP contribution in [0.25, 0.3) is 10.9 Å². The maximum atomic E-state index is 13.0. The van der Waals surface area contributed by atoms with Crippen LogP contribution in [-0.2, 0) is 6.42 Å². The van der Waals surface area contributed by atoms with E-state index in [4.69, 9.17) is 5.73 Å². The number of rotatable bonds is 3. The van der Waals surface area contributed by atoms with Gasteiger partial charge in [-0.05, 0) is 55.3 Å². The van der Waals surface area contributed by atoms with Crippen molar-refractivity contribution in [2.75, 3.05) is 0 Å². The predicted molar refractivity (Wildman–Crippen MR) is 62.7 cm³/mol. The van der Waals surface area contributed by atoms with E-state index in [1.54, 1.807) is 6.07 Å². The first-order valence-corrected chi connectivity index (χ1v) is 5.71. The molecule has 1 aromatic heterocycles. The fraction of sp³-hybridized carbons (Fsp3) is 0.385. The van der Waals surface area contributed by atoms with Crippen molar-refractivity contribution in [2.45, 2.75) is 31.2 Å². The Morgan fingerprint density at radius 2 is 2.12 bits per heavy atom. The number of hydrogen-bond acceptors (Lipinski definition) is 1. The Bertz CT molecular complexity index is 526. The van der Waals surface area contributed by atoms with E-state index in [-0.39, 0.29) is 11.4 Å². The van der Waals surface area contributed by atoms with Crippen LogP contribution in [0, 0.1) is 5.82 Å². The third-order valence-corrected chi connectivity index (χ3v) is 3.42. The normalized spacial score (nSPS) is 17.9. The molecule has 0 saturated heterocycles. The minimum absolute atomic E-state index is 0.0859. The highest BCUT2D eigenvalue weighted by molar-refractivity contribution is 5.80. The number of benzene rings is 1. The summed E-state index contributed by atoms with van der Waals surface area (Å²) in [6.45, 7) is 0. The Kier molecular flexibility index (Phi) is 2.04. The number of nitrogens with two attached hydrogens (primary N) is 1. The van der Waals surface area contributed by atoms with Gasteiger partial charge >= 0.3 is 0 Å². The largest absolute Gasteiger partial charge is 0.358 e. The number of H-pyrrole nitrogens is 1. The van der Waals surface area contributed by atoms with Gasteiger partial charge in [0.2, 0.25) is 0 Å². The molecule has 3 N–H and O–H groups in total. The van der Waals surface area contributed by atoms with E-state index in [1.807, 2.05) is 0 Å². The van der Waals surface area contributed by atoms with Crippen molar-refractivity contribution >= 4 is 10.9 Å². The maximum Gasteiger partial charge on any atom is 0.125 e. The highest BCUT2D eigenvalue weighted by Crippen LogP contribution is 2.36. The fourth-order valence-corrected chi connectivity index (χ4v) is 2.09. The van der Waals surface area contributed by atoms with E-state index in [9.17, 15) is 4.39 Å². The van der Waals surface area contributed by atoms with E-state index in [2.05, 4.69) is 11.1 Å². The number of aromatic nitrogens is 1. The summed E-state index contributed by atoms with van der Waals surface area (Å²) in [5, 5.41) is 1.07. The van der Waals surface area contributed by atoms with Gasteiger partial charge in [-0.25, -0.2) is 4.39 Å². The number of aromatic amines is 1. The molecule has 1 saturated carbocycles. The third-order valence-electron chi connectivity index (χ3n) is 3.42. The monoisotopic (exact) mass is 218 g/mol. The van der Waals surface area contributed by atoms with Crippen LogP contribution in [0.4, 0.5) is 4.39 Å². The van der Waals surface area contributed by atoms with Gasteiger partial charge in [-0.2, -0.15) is 0 Å². The smallest absolute Gasteiger partial charge is 0.125 e. The number of aryl methyl sites for hydroxylation is 1. The summed E-state index contributed by atoms with van der Waals surface area (Å²) in [5.41, 5.74) is 8.15. The molecule has 1 aliphatic carbocycles. The highest BCUT2D eigenvalue weighted by atomic mass is 19.1. The van der Waals surface area contributed by atoms with Crippen molar-refractivity contribution in [3.63, 3.8) is 0 Å². The van der Waals surface area contributed by atoms with Gasteiger partial charge in [0.05, 0.1) is 0 Å². The van der Waals surface area contributed by atoms with E-state index in [1.165, 1.54) is 12.1 Å². The van der Waals surface area contributed by atoms with Crippen molar-refractivity contribution in [1.82, 2.24) is 4.98 Å². The topological polar surface area (TPSA) is 41.8 Å². The molecule has 0 spiro atoms. The molecule has 1 heterocycles. The lowest BCUT2D eigenvalue weighted by molar-refractivity contribution is 0.605. The first-order chi connectivity index (χ1) is 7.65. The average molecular weight is 218 g/mol. The van der Waals surface area contributed by atoms with Crippen molar-refractivity contribution in [1.29, 1.82) is 0 Å². The van der Waals surface area contributed by atoms with Gasteiger partial charge in [0.15, 0.2) is 0 Å². The highest BCUT2D eigenvalue weighted by Gasteiger charge is 2.37. The van der Waals surface area contributed by atoms with E-state index in [0.29, 0.717) is 0 Å². The summed E-state index contributed by atoms with van der Waals surface area (Å²) in [7, 11) is 0. The molecule has 2 nitrogen and oxygen atoms in total. The van der Waals surface area contributed by atoms with Gasteiger partial charge in [0, 0.05) is 16.7 Å². The second-order valence-electron chi connectivity index (χ2n) is 4.89. The van der Waals surface area contributed by atoms with Crippen LogP contribution >= 0.6 is 0 Å². The van der Waals surface area contributed by atoms with Crippen LogP contribution < -0.4 is 5.73 Å². The number of halogens is 1. The third kappa shape index (κ3) is 1.83. The quantitative estimate of drug-likeness (QED) is 0.817. The van der Waals surface area contributed by atoms with Crippen LogP contribution in [0.5, 0.6) is 0 Å². The summed E-state index contributed by atoms with van der Waals surface area (Å²) in [6.07, 6.45) is 4.25. The Morgan fingerprint density at radius 3 is 2.88 bits per heavy atom. The molecule has 0 atom stereocenters. The zero-order valence-electron chi connectivity index (χ0n) is 9.09. The summed E-state index contributed by atoms with van der Waals surface area (Å²) >= 11 is 0. The van der Waals surface area contributed by atoms with Crippen LogP contribution in [0.3, 0.4) is 0 Å². The lowest BCUT2D eigenvalue weighted by Crippen LogP contribution is -2.22. The first kappa shape index (κ1) is 9.85. The molecule has 0 unspecified atom stereocenters. The zero-order chi connectivity index (χ0) is 11.2. The number of fused-ring (bicyclic) bond motifs is 1. The maximum absolute atomic E-state index is 13.0. The van der Waals surface area contributed by atoms with Crippen molar-refractivity contribution < 1.29 is 4.39 Å².